The molecule has 0 spiro atoms. The number of benzene rings is 2. The molecule has 0 saturated heterocycles. The Morgan fingerprint density at radius 3 is 2.69 bits per heavy atom. The van der Waals surface area contributed by atoms with Crippen molar-refractivity contribution in [3.05, 3.63) is 41.4 Å². The van der Waals surface area contributed by atoms with Crippen LogP contribution in [0.3, 0.4) is 0 Å². The first-order valence-corrected chi connectivity index (χ1v) is 5.67. The quantitative estimate of drug-likeness (QED) is 0.759. The van der Waals surface area contributed by atoms with Crippen molar-refractivity contribution in [1.29, 1.82) is 0 Å². The van der Waals surface area contributed by atoms with Gasteiger partial charge in [-0.15, -0.1) is 0 Å². The van der Waals surface area contributed by atoms with E-state index < -0.39 is 0 Å². The lowest BCUT2D eigenvalue weighted by molar-refractivity contribution is 1.20. The van der Waals surface area contributed by atoms with E-state index in [0.717, 1.165) is 16.5 Å². The number of nitrogens with one attached hydrogen (secondary N) is 2. The summed E-state index contributed by atoms with van der Waals surface area (Å²) >= 11 is 11.3. The van der Waals surface area contributed by atoms with Crippen molar-refractivity contribution in [3.63, 3.8) is 0 Å². The highest BCUT2D eigenvalue weighted by atomic mass is 35.5. The molecule has 0 unspecified atom stereocenters. The molecule has 0 heterocycles. The highest BCUT2D eigenvalue weighted by molar-refractivity contribution is 7.80. The van der Waals surface area contributed by atoms with Gasteiger partial charge in [0.15, 0.2) is 5.11 Å². The summed E-state index contributed by atoms with van der Waals surface area (Å²) in [6, 6.07) is 11.9. The molecule has 2 rings (SSSR count). The van der Waals surface area contributed by atoms with Crippen molar-refractivity contribution < 1.29 is 0 Å². The maximum atomic E-state index is 6.29. The maximum absolute atomic E-state index is 6.29. The van der Waals surface area contributed by atoms with E-state index in [1.165, 1.54) is 0 Å². The van der Waals surface area contributed by atoms with Crippen molar-refractivity contribution in [3.8, 4) is 0 Å². The van der Waals surface area contributed by atoms with Crippen molar-refractivity contribution in [2.75, 3.05) is 12.4 Å². The fourth-order valence-corrected chi connectivity index (χ4v) is 1.91. The molecule has 2 aromatic rings. The van der Waals surface area contributed by atoms with Gasteiger partial charge in [0.05, 0.1) is 10.7 Å². The van der Waals surface area contributed by atoms with Gasteiger partial charge in [0, 0.05) is 12.4 Å². The monoisotopic (exact) mass is 250 g/mol. The Labute approximate surface area is 105 Å². The molecule has 0 aliphatic rings. The summed E-state index contributed by atoms with van der Waals surface area (Å²) < 4.78 is 0. The van der Waals surface area contributed by atoms with Gasteiger partial charge in [0.1, 0.15) is 0 Å². The zero-order chi connectivity index (χ0) is 11.5. The van der Waals surface area contributed by atoms with Crippen LogP contribution in [0.15, 0.2) is 36.4 Å². The second-order valence-electron chi connectivity index (χ2n) is 3.35. The van der Waals surface area contributed by atoms with Gasteiger partial charge in [-0.05, 0) is 23.7 Å². The van der Waals surface area contributed by atoms with E-state index in [0.29, 0.717) is 10.1 Å². The first kappa shape index (κ1) is 11.2. The molecule has 82 valence electrons. The zero-order valence-electron chi connectivity index (χ0n) is 8.75. The summed E-state index contributed by atoms with van der Waals surface area (Å²) in [5.74, 6) is 0. The molecule has 2 N–H and O–H groups in total. The predicted molar refractivity (Wildman–Crippen MR) is 74.2 cm³/mol. The van der Waals surface area contributed by atoms with Crippen LogP contribution in [0.5, 0.6) is 0 Å². The lowest BCUT2D eigenvalue weighted by Gasteiger charge is -2.10. The van der Waals surface area contributed by atoms with Gasteiger partial charge in [0.2, 0.25) is 0 Å². The number of fused-ring (bicyclic) bond motifs is 1. The first-order valence-electron chi connectivity index (χ1n) is 4.88. The van der Waals surface area contributed by atoms with Crippen molar-refractivity contribution in [2.24, 2.45) is 0 Å². The van der Waals surface area contributed by atoms with Crippen LogP contribution in [-0.2, 0) is 0 Å². The van der Waals surface area contributed by atoms with Gasteiger partial charge in [0.25, 0.3) is 0 Å². The predicted octanol–water partition coefficient (Wildman–Crippen LogP) is 3.41. The Balaban J connectivity index is 2.48. The van der Waals surface area contributed by atoms with Gasteiger partial charge >= 0.3 is 0 Å². The zero-order valence-corrected chi connectivity index (χ0v) is 10.3. The summed E-state index contributed by atoms with van der Waals surface area (Å²) in [6.45, 7) is 0. The molecule has 0 radical (unpaired) electrons. The molecule has 0 atom stereocenters. The summed E-state index contributed by atoms with van der Waals surface area (Å²) in [6.07, 6.45) is 0. The van der Waals surface area contributed by atoms with Gasteiger partial charge in [-0.3, -0.25) is 0 Å². The molecule has 0 aliphatic carbocycles. The van der Waals surface area contributed by atoms with E-state index in [1.54, 1.807) is 7.05 Å². The highest BCUT2D eigenvalue weighted by Gasteiger charge is 2.05. The average Bonchev–Trinajstić information content (AvgIpc) is 2.33. The Morgan fingerprint density at radius 2 is 1.94 bits per heavy atom. The molecule has 0 fully saturated rings. The van der Waals surface area contributed by atoms with Crippen LogP contribution in [0, 0.1) is 0 Å². The molecule has 4 heteroatoms. The standard InChI is InChI=1S/C12H11ClN2S/c1-14-12(16)15-10-7-6-8-4-2-3-5-9(8)11(10)13/h2-7H,1H3,(H2,14,15,16). The van der Waals surface area contributed by atoms with Crippen LogP contribution in [0.4, 0.5) is 5.69 Å². The number of hydrogen-bond acceptors (Lipinski definition) is 1. The van der Waals surface area contributed by atoms with Gasteiger partial charge in [-0.25, -0.2) is 0 Å². The minimum absolute atomic E-state index is 0.553. The number of hydrogen-bond donors (Lipinski definition) is 2. The van der Waals surface area contributed by atoms with E-state index in [-0.39, 0.29) is 0 Å². The van der Waals surface area contributed by atoms with E-state index in [2.05, 4.69) is 10.6 Å². The maximum Gasteiger partial charge on any atom is 0.170 e. The number of thiocarbonyl (C=S) groups is 1. The van der Waals surface area contributed by atoms with Crippen molar-refractivity contribution in [2.45, 2.75) is 0 Å². The van der Waals surface area contributed by atoms with E-state index >= 15 is 0 Å². The fraction of sp³-hybridized carbons (Fsp3) is 0.0833. The molecule has 0 bridgehead atoms. The van der Waals surface area contributed by atoms with E-state index in [4.69, 9.17) is 23.8 Å². The molecule has 2 aromatic carbocycles. The molecule has 0 amide bonds. The molecule has 0 aliphatic heterocycles. The van der Waals surface area contributed by atoms with Crippen molar-refractivity contribution >= 4 is 45.4 Å². The molecule has 2 nitrogen and oxygen atoms in total. The lowest BCUT2D eigenvalue weighted by Crippen LogP contribution is -2.24. The smallest absolute Gasteiger partial charge is 0.170 e. The third kappa shape index (κ3) is 2.10. The normalized spacial score (nSPS) is 10.1. The summed E-state index contributed by atoms with van der Waals surface area (Å²) in [5.41, 5.74) is 0.819. The Hall–Kier alpha value is -1.32. The fourth-order valence-electron chi connectivity index (χ4n) is 1.51. The largest absolute Gasteiger partial charge is 0.366 e. The molecule has 16 heavy (non-hydrogen) atoms. The summed E-state index contributed by atoms with van der Waals surface area (Å²) in [5, 5.41) is 9.27. The highest BCUT2D eigenvalue weighted by Crippen LogP contribution is 2.30. The van der Waals surface area contributed by atoms with Gasteiger partial charge in [-0.1, -0.05) is 41.9 Å². The molecule has 0 aromatic heterocycles. The van der Waals surface area contributed by atoms with Crippen LogP contribution in [0.1, 0.15) is 0 Å². The third-order valence-corrected chi connectivity index (χ3v) is 3.05. The minimum atomic E-state index is 0.553. The van der Waals surface area contributed by atoms with Crippen molar-refractivity contribution in [1.82, 2.24) is 5.32 Å². The summed E-state index contributed by atoms with van der Waals surface area (Å²) in [4.78, 5) is 0. The average molecular weight is 251 g/mol. The second-order valence-corrected chi connectivity index (χ2v) is 4.14. The Morgan fingerprint density at radius 1 is 1.19 bits per heavy atom. The topological polar surface area (TPSA) is 24.1 Å². The van der Waals surface area contributed by atoms with Crippen LogP contribution in [0.25, 0.3) is 10.8 Å². The molecule has 0 saturated carbocycles. The number of anilines is 1. The number of halogens is 1. The van der Waals surface area contributed by atoms with Crippen LogP contribution in [-0.4, -0.2) is 12.2 Å². The van der Waals surface area contributed by atoms with E-state index in [9.17, 15) is 0 Å². The molecular formula is C12H11ClN2S. The molecular weight excluding hydrogens is 240 g/mol. The van der Waals surface area contributed by atoms with Gasteiger partial charge < -0.3 is 10.6 Å². The van der Waals surface area contributed by atoms with E-state index in [1.807, 2.05) is 36.4 Å². The van der Waals surface area contributed by atoms with Gasteiger partial charge in [-0.2, -0.15) is 0 Å². The second kappa shape index (κ2) is 4.68. The third-order valence-electron chi connectivity index (χ3n) is 2.34. The van der Waals surface area contributed by atoms with Crippen LogP contribution in [0.2, 0.25) is 5.02 Å². The SMILES string of the molecule is CNC(=S)Nc1ccc2ccccc2c1Cl. The Bertz CT molecular complexity index is 540. The minimum Gasteiger partial charge on any atom is -0.366 e. The first-order chi connectivity index (χ1) is 7.72. The number of rotatable bonds is 1. The van der Waals surface area contributed by atoms with Crippen LogP contribution >= 0.6 is 23.8 Å². The van der Waals surface area contributed by atoms with Crippen LogP contribution < -0.4 is 10.6 Å². The Kier molecular flexibility index (Phi) is 3.27. The lowest BCUT2D eigenvalue weighted by atomic mass is 10.1. The summed E-state index contributed by atoms with van der Waals surface area (Å²) in [7, 11) is 1.77.